The Morgan fingerprint density at radius 3 is 2.56 bits per heavy atom. The maximum absolute atomic E-state index is 12.1. The minimum absolute atomic E-state index is 0.0736. The highest BCUT2D eigenvalue weighted by Gasteiger charge is 2.32. The van der Waals surface area contributed by atoms with E-state index in [0.717, 1.165) is 6.07 Å². The number of ether oxygens (including phenoxy) is 1. The van der Waals surface area contributed by atoms with Crippen molar-refractivity contribution >= 4 is 5.78 Å². The van der Waals surface area contributed by atoms with Crippen LogP contribution in [0.25, 0.3) is 0 Å². The second kappa shape index (κ2) is 5.86. The molecule has 1 rings (SSSR count). The van der Waals surface area contributed by atoms with E-state index in [1.165, 1.54) is 18.2 Å². The van der Waals surface area contributed by atoms with E-state index in [2.05, 4.69) is 4.74 Å². The Balaban J connectivity index is 2.84. The minimum Gasteiger partial charge on any atom is -0.405 e. The summed E-state index contributed by atoms with van der Waals surface area (Å²) in [6, 6.07) is 5.12. The normalized spacial score (nSPS) is 13.2. The van der Waals surface area contributed by atoms with Gasteiger partial charge in [0.05, 0.1) is 5.56 Å². The molecule has 1 atom stereocenters. The second-order valence-corrected chi connectivity index (χ2v) is 3.98. The molecule has 3 nitrogen and oxygen atoms in total. The topological polar surface area (TPSA) is 52.3 Å². The Labute approximate surface area is 103 Å². The van der Waals surface area contributed by atoms with Crippen molar-refractivity contribution in [3.8, 4) is 5.75 Å². The van der Waals surface area contributed by atoms with Crippen LogP contribution in [0.15, 0.2) is 24.3 Å². The summed E-state index contributed by atoms with van der Waals surface area (Å²) in [7, 11) is 0. The molecule has 0 heterocycles. The number of para-hydroxylation sites is 1. The van der Waals surface area contributed by atoms with E-state index in [9.17, 15) is 18.0 Å². The molecule has 0 bridgehead atoms. The highest BCUT2D eigenvalue weighted by atomic mass is 19.4. The number of Topliss-reactive ketones (excluding diaryl/α,β-unsaturated/α-hetero) is 1. The lowest BCUT2D eigenvalue weighted by atomic mass is 10.0. The van der Waals surface area contributed by atoms with Gasteiger partial charge in [-0.3, -0.25) is 4.79 Å². The molecule has 0 spiro atoms. The number of carbonyl (C=O) groups excluding carboxylic acids is 1. The summed E-state index contributed by atoms with van der Waals surface area (Å²) >= 11 is 0. The van der Waals surface area contributed by atoms with Gasteiger partial charge in [-0.25, -0.2) is 0 Å². The first-order valence-corrected chi connectivity index (χ1v) is 5.43. The molecule has 0 aromatic heterocycles. The molecule has 0 amide bonds. The van der Waals surface area contributed by atoms with Crippen LogP contribution in [0.2, 0.25) is 0 Å². The Kier molecular flexibility index (Phi) is 4.72. The number of alkyl halides is 3. The maximum Gasteiger partial charge on any atom is 0.573 e. The highest BCUT2D eigenvalue weighted by Crippen LogP contribution is 2.27. The fraction of sp³-hybridized carbons (Fsp3) is 0.417. The van der Waals surface area contributed by atoms with Gasteiger partial charge >= 0.3 is 6.36 Å². The molecule has 0 saturated carbocycles. The molecule has 0 radical (unpaired) electrons. The van der Waals surface area contributed by atoms with Crippen LogP contribution in [0.1, 0.15) is 30.1 Å². The van der Waals surface area contributed by atoms with Crippen molar-refractivity contribution in [2.75, 3.05) is 0 Å². The number of benzene rings is 1. The quantitative estimate of drug-likeness (QED) is 0.829. The second-order valence-electron chi connectivity index (χ2n) is 3.98. The third kappa shape index (κ3) is 4.75. The molecule has 1 aromatic rings. The lowest BCUT2D eigenvalue weighted by molar-refractivity contribution is -0.274. The predicted octanol–water partition coefficient (Wildman–Crippen LogP) is 2.90. The molecule has 100 valence electrons. The lowest BCUT2D eigenvalue weighted by Crippen LogP contribution is -2.20. The van der Waals surface area contributed by atoms with Gasteiger partial charge in [-0.1, -0.05) is 12.1 Å². The fourth-order valence-electron chi connectivity index (χ4n) is 1.40. The average Bonchev–Trinajstić information content (AvgIpc) is 2.24. The standard InChI is InChI=1S/C12H14F3NO2/c1-8(16)6-7-10(17)9-4-2-3-5-11(9)18-12(13,14)15/h2-5,8H,6-7,16H2,1H3. The van der Waals surface area contributed by atoms with Crippen LogP contribution < -0.4 is 10.5 Å². The lowest BCUT2D eigenvalue weighted by Gasteiger charge is -2.12. The van der Waals surface area contributed by atoms with Gasteiger partial charge in [-0.05, 0) is 25.5 Å². The van der Waals surface area contributed by atoms with E-state index in [1.807, 2.05) is 0 Å². The van der Waals surface area contributed by atoms with Gasteiger partial charge in [0.2, 0.25) is 0 Å². The third-order valence-electron chi connectivity index (χ3n) is 2.24. The van der Waals surface area contributed by atoms with Crippen molar-refractivity contribution in [1.82, 2.24) is 0 Å². The van der Waals surface area contributed by atoms with Crippen molar-refractivity contribution in [1.29, 1.82) is 0 Å². The SMILES string of the molecule is CC(N)CCC(=O)c1ccccc1OC(F)(F)F. The van der Waals surface area contributed by atoms with Gasteiger partial charge in [-0.15, -0.1) is 13.2 Å². The van der Waals surface area contributed by atoms with Crippen LogP contribution in [0, 0.1) is 0 Å². The Morgan fingerprint density at radius 2 is 2.00 bits per heavy atom. The molecular weight excluding hydrogens is 247 g/mol. The van der Waals surface area contributed by atoms with E-state index in [-0.39, 0.29) is 18.0 Å². The fourth-order valence-corrected chi connectivity index (χ4v) is 1.40. The van der Waals surface area contributed by atoms with Gasteiger partial charge in [0, 0.05) is 12.5 Å². The highest BCUT2D eigenvalue weighted by molar-refractivity contribution is 5.98. The van der Waals surface area contributed by atoms with Gasteiger partial charge in [-0.2, -0.15) is 0 Å². The van der Waals surface area contributed by atoms with E-state index in [0.29, 0.717) is 6.42 Å². The molecule has 0 aliphatic rings. The molecule has 2 N–H and O–H groups in total. The molecule has 6 heteroatoms. The van der Waals surface area contributed by atoms with Gasteiger partial charge in [0.1, 0.15) is 5.75 Å². The molecule has 0 saturated heterocycles. The summed E-state index contributed by atoms with van der Waals surface area (Å²) in [5.41, 5.74) is 5.42. The summed E-state index contributed by atoms with van der Waals surface area (Å²) in [5.74, 6) is -0.883. The zero-order valence-corrected chi connectivity index (χ0v) is 9.83. The smallest absolute Gasteiger partial charge is 0.405 e. The zero-order chi connectivity index (χ0) is 13.8. The third-order valence-corrected chi connectivity index (χ3v) is 2.24. The number of carbonyl (C=O) groups is 1. The molecule has 0 fully saturated rings. The van der Waals surface area contributed by atoms with Crippen LogP contribution in [0.4, 0.5) is 13.2 Å². The Hall–Kier alpha value is -1.56. The monoisotopic (exact) mass is 261 g/mol. The summed E-state index contributed by atoms with van der Waals surface area (Å²) in [6.07, 6.45) is -4.30. The molecule has 0 aliphatic heterocycles. The summed E-state index contributed by atoms with van der Waals surface area (Å²) in [6.45, 7) is 1.73. The Bertz CT molecular complexity index is 416. The number of rotatable bonds is 5. The molecular formula is C12H14F3NO2. The van der Waals surface area contributed by atoms with Crippen LogP contribution in [-0.4, -0.2) is 18.2 Å². The van der Waals surface area contributed by atoms with Gasteiger partial charge < -0.3 is 10.5 Å². The first-order valence-electron chi connectivity index (χ1n) is 5.43. The van der Waals surface area contributed by atoms with Crippen molar-refractivity contribution in [2.24, 2.45) is 5.73 Å². The number of halogens is 3. The van der Waals surface area contributed by atoms with Crippen molar-refractivity contribution in [3.63, 3.8) is 0 Å². The first-order chi connectivity index (χ1) is 8.29. The predicted molar refractivity (Wildman–Crippen MR) is 60.3 cm³/mol. The summed E-state index contributed by atoms with van der Waals surface area (Å²) < 4.78 is 40.2. The molecule has 0 aliphatic carbocycles. The molecule has 1 aromatic carbocycles. The van der Waals surface area contributed by atoms with Crippen molar-refractivity contribution < 1.29 is 22.7 Å². The van der Waals surface area contributed by atoms with Crippen LogP contribution in [0.5, 0.6) is 5.75 Å². The molecule has 18 heavy (non-hydrogen) atoms. The van der Waals surface area contributed by atoms with E-state index < -0.39 is 17.9 Å². The maximum atomic E-state index is 12.1. The number of hydrogen-bond donors (Lipinski definition) is 1. The number of ketones is 1. The van der Waals surface area contributed by atoms with E-state index in [1.54, 1.807) is 6.92 Å². The van der Waals surface area contributed by atoms with Gasteiger partial charge in [0.15, 0.2) is 5.78 Å². The first kappa shape index (κ1) is 14.5. The van der Waals surface area contributed by atoms with Gasteiger partial charge in [0.25, 0.3) is 0 Å². The number of hydrogen-bond acceptors (Lipinski definition) is 3. The average molecular weight is 261 g/mol. The number of nitrogens with two attached hydrogens (primary N) is 1. The Morgan fingerprint density at radius 1 is 1.39 bits per heavy atom. The van der Waals surface area contributed by atoms with Crippen LogP contribution >= 0.6 is 0 Å². The summed E-state index contributed by atoms with van der Waals surface area (Å²) in [4.78, 5) is 11.8. The van der Waals surface area contributed by atoms with Crippen LogP contribution in [0.3, 0.4) is 0 Å². The summed E-state index contributed by atoms with van der Waals surface area (Å²) in [5, 5.41) is 0. The van der Waals surface area contributed by atoms with Crippen molar-refractivity contribution in [2.45, 2.75) is 32.2 Å². The van der Waals surface area contributed by atoms with Crippen LogP contribution in [-0.2, 0) is 0 Å². The minimum atomic E-state index is -4.81. The largest absolute Gasteiger partial charge is 0.573 e. The zero-order valence-electron chi connectivity index (χ0n) is 9.83. The molecule has 1 unspecified atom stereocenters. The van der Waals surface area contributed by atoms with E-state index in [4.69, 9.17) is 5.73 Å². The van der Waals surface area contributed by atoms with E-state index >= 15 is 0 Å². The van der Waals surface area contributed by atoms with Crippen molar-refractivity contribution in [3.05, 3.63) is 29.8 Å².